The van der Waals surface area contributed by atoms with E-state index < -0.39 is 23.5 Å². The van der Waals surface area contributed by atoms with E-state index in [0.717, 1.165) is 5.56 Å². The van der Waals surface area contributed by atoms with Crippen LogP contribution < -0.4 is 14.4 Å². The van der Waals surface area contributed by atoms with Crippen molar-refractivity contribution in [2.45, 2.75) is 13.0 Å². The number of aliphatic hydroxyl groups is 1. The molecule has 1 atom stereocenters. The Bertz CT molecular complexity index is 1330. The molecule has 3 aromatic rings. The largest absolute Gasteiger partial charge is 0.506 e. The van der Waals surface area contributed by atoms with E-state index >= 15 is 0 Å². The lowest BCUT2D eigenvalue weighted by Gasteiger charge is -2.26. The second kappa shape index (κ2) is 9.12. The quantitative estimate of drug-likeness (QED) is 0.346. The van der Waals surface area contributed by atoms with E-state index in [1.165, 1.54) is 19.1 Å². The van der Waals surface area contributed by atoms with Gasteiger partial charge in [-0.05, 0) is 48.9 Å². The number of nitrogens with zero attached hydrogens (tertiary/aromatic N) is 2. The van der Waals surface area contributed by atoms with Gasteiger partial charge in [-0.1, -0.05) is 35.9 Å². The number of ether oxygens (including phenoxy) is 2. The molecule has 4 rings (SSSR count). The van der Waals surface area contributed by atoms with Crippen molar-refractivity contribution < 1.29 is 24.2 Å². The molecule has 0 aliphatic carbocycles. The number of benzene rings is 3. The molecule has 1 saturated heterocycles. The maximum Gasteiger partial charge on any atom is 0.300 e. The Morgan fingerprint density at radius 2 is 1.59 bits per heavy atom. The maximum absolute atomic E-state index is 13.4. The van der Waals surface area contributed by atoms with Gasteiger partial charge in [0.2, 0.25) is 0 Å². The van der Waals surface area contributed by atoms with Crippen LogP contribution in [0.4, 0.5) is 5.69 Å². The first-order valence-electron chi connectivity index (χ1n) is 10.5. The molecule has 0 bridgehead atoms. The third-order valence-corrected chi connectivity index (χ3v) is 5.74. The van der Waals surface area contributed by atoms with E-state index in [4.69, 9.17) is 14.7 Å². The van der Waals surface area contributed by atoms with Crippen LogP contribution in [0.25, 0.3) is 5.76 Å². The summed E-state index contributed by atoms with van der Waals surface area (Å²) in [5.74, 6) is -1.42. The molecule has 0 aromatic heterocycles. The van der Waals surface area contributed by atoms with Crippen molar-refractivity contribution >= 4 is 23.1 Å². The predicted octanol–water partition coefficient (Wildman–Crippen LogP) is 4.51. The Morgan fingerprint density at radius 3 is 2.15 bits per heavy atom. The van der Waals surface area contributed by atoms with Crippen LogP contribution in [-0.2, 0) is 9.59 Å². The van der Waals surface area contributed by atoms with Crippen LogP contribution >= 0.6 is 0 Å². The number of carbonyl (C=O) groups is 2. The smallest absolute Gasteiger partial charge is 0.300 e. The topological polar surface area (TPSA) is 99.9 Å². The molecule has 1 N–H and O–H groups in total. The van der Waals surface area contributed by atoms with Crippen LogP contribution in [0.5, 0.6) is 11.5 Å². The van der Waals surface area contributed by atoms with Crippen molar-refractivity contribution in [1.82, 2.24) is 0 Å². The molecular weight excluding hydrogens is 432 g/mol. The van der Waals surface area contributed by atoms with Gasteiger partial charge in [0.1, 0.15) is 22.8 Å². The van der Waals surface area contributed by atoms with Crippen LogP contribution in [0, 0.1) is 18.3 Å². The van der Waals surface area contributed by atoms with Gasteiger partial charge in [-0.3, -0.25) is 14.5 Å². The highest BCUT2D eigenvalue weighted by Crippen LogP contribution is 2.45. The number of Topliss-reactive ketones (excluding diaryl/α,β-unsaturated/α-hetero) is 1. The summed E-state index contributed by atoms with van der Waals surface area (Å²) in [5, 5.41) is 20.6. The second-order valence-corrected chi connectivity index (χ2v) is 7.78. The van der Waals surface area contributed by atoms with Gasteiger partial charge < -0.3 is 14.6 Å². The normalized spacial score (nSPS) is 16.9. The van der Waals surface area contributed by atoms with Gasteiger partial charge in [0, 0.05) is 5.69 Å². The Labute approximate surface area is 197 Å². The number of methoxy groups -OCH3 is 2. The number of aliphatic hydroxyl groups excluding tert-OH is 1. The summed E-state index contributed by atoms with van der Waals surface area (Å²) in [6, 6.07) is 19.9. The number of nitriles is 1. The third kappa shape index (κ3) is 3.76. The fourth-order valence-electron chi connectivity index (χ4n) is 4.17. The fourth-order valence-corrected chi connectivity index (χ4v) is 4.17. The predicted molar refractivity (Wildman–Crippen MR) is 127 cm³/mol. The van der Waals surface area contributed by atoms with Crippen LogP contribution in [-0.4, -0.2) is 31.0 Å². The van der Waals surface area contributed by atoms with Gasteiger partial charge >= 0.3 is 0 Å². The van der Waals surface area contributed by atoms with Gasteiger partial charge in [-0.15, -0.1) is 0 Å². The average Bonchev–Trinajstić information content (AvgIpc) is 3.13. The average molecular weight is 454 g/mol. The van der Waals surface area contributed by atoms with E-state index in [-0.39, 0.29) is 11.1 Å². The van der Waals surface area contributed by atoms with Gasteiger partial charge in [0.15, 0.2) is 0 Å². The van der Waals surface area contributed by atoms with E-state index in [0.29, 0.717) is 28.3 Å². The molecule has 3 aromatic carbocycles. The molecule has 1 heterocycles. The first-order valence-corrected chi connectivity index (χ1v) is 10.5. The summed E-state index contributed by atoms with van der Waals surface area (Å²) in [6.07, 6.45) is 0. The minimum absolute atomic E-state index is 0.0808. The second-order valence-electron chi connectivity index (χ2n) is 7.78. The molecule has 170 valence electrons. The van der Waals surface area contributed by atoms with Crippen molar-refractivity contribution in [2.75, 3.05) is 19.1 Å². The highest BCUT2D eigenvalue weighted by molar-refractivity contribution is 6.51. The van der Waals surface area contributed by atoms with Crippen molar-refractivity contribution in [3.05, 3.63) is 94.6 Å². The first-order chi connectivity index (χ1) is 16.4. The first kappa shape index (κ1) is 22.6. The highest BCUT2D eigenvalue weighted by atomic mass is 16.5. The van der Waals surface area contributed by atoms with Crippen molar-refractivity contribution in [3.8, 4) is 17.6 Å². The molecule has 1 fully saturated rings. The monoisotopic (exact) mass is 454 g/mol. The number of rotatable bonds is 5. The molecule has 1 unspecified atom stereocenters. The summed E-state index contributed by atoms with van der Waals surface area (Å²) in [4.78, 5) is 28.0. The fraction of sp³-hybridized carbons (Fsp3) is 0.148. The lowest BCUT2D eigenvalue weighted by atomic mass is 9.93. The number of anilines is 1. The summed E-state index contributed by atoms with van der Waals surface area (Å²) in [5.41, 5.74) is 2.53. The Balaban J connectivity index is 2.01. The van der Waals surface area contributed by atoms with Crippen LogP contribution in [0.1, 0.15) is 28.3 Å². The number of hydrogen-bond acceptors (Lipinski definition) is 6. The van der Waals surface area contributed by atoms with Crippen LogP contribution in [0.15, 0.2) is 72.3 Å². The molecule has 0 saturated carbocycles. The van der Waals surface area contributed by atoms with E-state index in [1.807, 2.05) is 31.2 Å². The maximum atomic E-state index is 13.4. The Kier molecular flexibility index (Phi) is 6.07. The number of aryl methyl sites for hydroxylation is 1. The van der Waals surface area contributed by atoms with E-state index in [1.54, 1.807) is 48.5 Å². The van der Waals surface area contributed by atoms with Crippen LogP contribution in [0.2, 0.25) is 0 Å². The molecule has 1 amide bonds. The zero-order valence-electron chi connectivity index (χ0n) is 18.9. The number of ketones is 1. The standard InChI is InChI=1S/C27H22N2O5/c1-16-6-4-7-18(14-16)24-23(25(30)22-20(33-2)8-5-9-21(22)34-3)26(31)27(32)29(24)19-12-10-17(15-28)11-13-19/h4-14,24,30H,1-3H3/b25-23+. The lowest BCUT2D eigenvalue weighted by molar-refractivity contribution is -0.132. The van der Waals surface area contributed by atoms with Crippen molar-refractivity contribution in [1.29, 1.82) is 5.26 Å². The Morgan fingerprint density at radius 1 is 0.971 bits per heavy atom. The number of carbonyl (C=O) groups excluding carboxylic acids is 2. The molecular formula is C27H22N2O5. The molecule has 0 radical (unpaired) electrons. The zero-order chi connectivity index (χ0) is 24.4. The molecule has 1 aliphatic rings. The SMILES string of the molecule is COc1cccc(OC)c1/C(O)=C1\C(=O)C(=O)N(c2ccc(C#N)cc2)C1c1cccc(C)c1. The molecule has 7 heteroatoms. The lowest BCUT2D eigenvalue weighted by Crippen LogP contribution is -2.29. The van der Waals surface area contributed by atoms with Crippen molar-refractivity contribution in [2.24, 2.45) is 0 Å². The van der Waals surface area contributed by atoms with Crippen molar-refractivity contribution in [3.63, 3.8) is 0 Å². The molecule has 34 heavy (non-hydrogen) atoms. The van der Waals surface area contributed by atoms with E-state index in [2.05, 4.69) is 0 Å². The molecule has 1 aliphatic heterocycles. The van der Waals surface area contributed by atoms with Gasteiger partial charge in [-0.2, -0.15) is 5.26 Å². The minimum atomic E-state index is -0.901. The molecule has 0 spiro atoms. The van der Waals surface area contributed by atoms with E-state index in [9.17, 15) is 14.7 Å². The van der Waals surface area contributed by atoms with Gasteiger partial charge in [-0.25, -0.2) is 0 Å². The summed E-state index contributed by atoms with van der Waals surface area (Å²) in [6.45, 7) is 1.90. The summed E-state index contributed by atoms with van der Waals surface area (Å²) >= 11 is 0. The number of amides is 1. The Hall–Kier alpha value is -4.57. The zero-order valence-corrected chi connectivity index (χ0v) is 18.9. The highest BCUT2D eigenvalue weighted by Gasteiger charge is 2.47. The third-order valence-electron chi connectivity index (χ3n) is 5.74. The summed E-state index contributed by atoms with van der Waals surface area (Å²) in [7, 11) is 2.89. The summed E-state index contributed by atoms with van der Waals surface area (Å²) < 4.78 is 10.8. The molecule has 7 nitrogen and oxygen atoms in total. The number of hydrogen-bond donors (Lipinski definition) is 1. The van der Waals surface area contributed by atoms with Gasteiger partial charge in [0.05, 0.1) is 37.5 Å². The van der Waals surface area contributed by atoms with Crippen LogP contribution in [0.3, 0.4) is 0 Å². The van der Waals surface area contributed by atoms with Gasteiger partial charge in [0.25, 0.3) is 11.7 Å². The minimum Gasteiger partial charge on any atom is -0.506 e.